The van der Waals surface area contributed by atoms with Crippen LogP contribution in [-0.2, 0) is 6.54 Å². The van der Waals surface area contributed by atoms with Crippen LogP contribution in [0.3, 0.4) is 0 Å². The molecular formula is C17H17N5O3. The lowest BCUT2D eigenvalue weighted by molar-refractivity contribution is -0.384. The molecule has 0 aliphatic carbocycles. The summed E-state index contributed by atoms with van der Waals surface area (Å²) in [5.74, 6) is 0.826. The van der Waals surface area contributed by atoms with Crippen LogP contribution in [0.15, 0.2) is 53.2 Å². The number of rotatable bonds is 6. The summed E-state index contributed by atoms with van der Waals surface area (Å²) in [5, 5.41) is 18.8. The first-order valence-corrected chi connectivity index (χ1v) is 7.72. The monoisotopic (exact) mass is 339 g/mol. The van der Waals surface area contributed by atoms with E-state index in [-0.39, 0.29) is 11.7 Å². The standard InChI is InChI=1S/C17H17N5O3/c1-12(13-7-9-18-10-8-13)21(2)11-16-19-20-17(25-16)14-3-5-15(6-4-14)22(23)24/h3-10,12H,11H2,1-2H3/t12-/m0/s1. The summed E-state index contributed by atoms with van der Waals surface area (Å²) in [6.07, 6.45) is 3.53. The Bertz CT molecular complexity index is 848. The second kappa shape index (κ2) is 7.18. The van der Waals surface area contributed by atoms with Gasteiger partial charge in [-0.3, -0.25) is 20.0 Å². The lowest BCUT2D eigenvalue weighted by Crippen LogP contribution is -2.22. The topological polar surface area (TPSA) is 98.2 Å². The van der Waals surface area contributed by atoms with Crippen LogP contribution in [0.5, 0.6) is 0 Å². The van der Waals surface area contributed by atoms with E-state index in [4.69, 9.17) is 4.42 Å². The zero-order valence-electron chi connectivity index (χ0n) is 13.9. The molecule has 8 nitrogen and oxygen atoms in total. The van der Waals surface area contributed by atoms with E-state index in [2.05, 4.69) is 27.0 Å². The van der Waals surface area contributed by atoms with Gasteiger partial charge in [0, 0.05) is 36.1 Å². The van der Waals surface area contributed by atoms with Gasteiger partial charge in [-0.25, -0.2) is 0 Å². The fourth-order valence-electron chi connectivity index (χ4n) is 2.41. The van der Waals surface area contributed by atoms with E-state index >= 15 is 0 Å². The van der Waals surface area contributed by atoms with Gasteiger partial charge in [0.25, 0.3) is 5.69 Å². The number of hydrogen-bond acceptors (Lipinski definition) is 7. The van der Waals surface area contributed by atoms with Crippen LogP contribution >= 0.6 is 0 Å². The van der Waals surface area contributed by atoms with Gasteiger partial charge in [0.1, 0.15) is 0 Å². The number of aromatic nitrogens is 3. The van der Waals surface area contributed by atoms with E-state index < -0.39 is 4.92 Å². The van der Waals surface area contributed by atoms with Crippen molar-refractivity contribution in [1.29, 1.82) is 0 Å². The molecule has 0 radical (unpaired) electrons. The molecule has 0 N–H and O–H groups in total. The molecule has 0 fully saturated rings. The lowest BCUT2D eigenvalue weighted by Gasteiger charge is -2.23. The number of benzene rings is 1. The molecule has 1 atom stereocenters. The minimum absolute atomic E-state index is 0.0226. The third-order valence-corrected chi connectivity index (χ3v) is 4.03. The fourth-order valence-corrected chi connectivity index (χ4v) is 2.41. The molecule has 0 bridgehead atoms. The Labute approximate surface area is 144 Å². The van der Waals surface area contributed by atoms with Crippen molar-refractivity contribution in [3.05, 3.63) is 70.4 Å². The summed E-state index contributed by atoms with van der Waals surface area (Å²) in [6, 6.07) is 10.1. The molecule has 1 aromatic carbocycles. The van der Waals surface area contributed by atoms with Gasteiger partial charge in [-0.2, -0.15) is 0 Å². The van der Waals surface area contributed by atoms with Crippen LogP contribution in [-0.4, -0.2) is 32.1 Å². The fraction of sp³-hybridized carbons (Fsp3) is 0.235. The Morgan fingerprint density at radius 1 is 1.16 bits per heavy atom. The molecule has 2 aromatic heterocycles. The molecule has 2 heterocycles. The van der Waals surface area contributed by atoms with E-state index in [9.17, 15) is 10.1 Å². The number of nitrogens with zero attached hydrogens (tertiary/aromatic N) is 5. The van der Waals surface area contributed by atoms with Gasteiger partial charge in [-0.05, 0) is 43.8 Å². The summed E-state index contributed by atoms with van der Waals surface area (Å²) in [4.78, 5) is 16.4. The van der Waals surface area contributed by atoms with E-state index in [1.54, 1.807) is 24.5 Å². The number of hydrogen-bond donors (Lipinski definition) is 0. The summed E-state index contributed by atoms with van der Waals surface area (Å²) in [7, 11) is 1.97. The lowest BCUT2D eigenvalue weighted by atomic mass is 10.1. The van der Waals surface area contributed by atoms with Crippen molar-refractivity contribution in [3.8, 4) is 11.5 Å². The molecule has 0 spiro atoms. The van der Waals surface area contributed by atoms with Crippen LogP contribution in [0.1, 0.15) is 24.4 Å². The molecule has 8 heteroatoms. The second-order valence-electron chi connectivity index (χ2n) is 5.68. The molecule has 0 aliphatic rings. The third kappa shape index (κ3) is 3.86. The molecule has 3 rings (SSSR count). The van der Waals surface area contributed by atoms with Gasteiger partial charge >= 0.3 is 0 Å². The highest BCUT2D eigenvalue weighted by Gasteiger charge is 2.16. The van der Waals surface area contributed by atoms with Gasteiger partial charge in [-0.1, -0.05) is 0 Å². The maximum absolute atomic E-state index is 10.7. The predicted molar refractivity (Wildman–Crippen MR) is 90.5 cm³/mol. The largest absolute Gasteiger partial charge is 0.419 e. The van der Waals surface area contributed by atoms with Crippen molar-refractivity contribution in [2.24, 2.45) is 0 Å². The minimum Gasteiger partial charge on any atom is -0.419 e. The maximum atomic E-state index is 10.7. The van der Waals surface area contributed by atoms with Crippen LogP contribution in [0.25, 0.3) is 11.5 Å². The first-order valence-electron chi connectivity index (χ1n) is 7.72. The van der Waals surface area contributed by atoms with E-state index in [1.165, 1.54) is 12.1 Å². The highest BCUT2D eigenvalue weighted by Crippen LogP contribution is 2.23. The van der Waals surface area contributed by atoms with Crippen LogP contribution in [0.2, 0.25) is 0 Å². The van der Waals surface area contributed by atoms with Crippen molar-refractivity contribution in [2.45, 2.75) is 19.5 Å². The first-order chi connectivity index (χ1) is 12.0. The van der Waals surface area contributed by atoms with E-state index in [0.717, 1.165) is 5.56 Å². The van der Waals surface area contributed by atoms with E-state index in [1.807, 2.05) is 19.2 Å². The van der Waals surface area contributed by atoms with Gasteiger partial charge in [-0.15, -0.1) is 10.2 Å². The van der Waals surface area contributed by atoms with Crippen molar-refractivity contribution >= 4 is 5.69 Å². The summed E-state index contributed by atoms with van der Waals surface area (Å²) in [5.41, 5.74) is 1.82. The van der Waals surface area contributed by atoms with E-state index in [0.29, 0.717) is 23.9 Å². The molecule has 0 amide bonds. The quantitative estimate of drug-likeness (QED) is 0.502. The van der Waals surface area contributed by atoms with Crippen molar-refractivity contribution in [1.82, 2.24) is 20.1 Å². The number of nitro groups is 1. The molecule has 0 saturated heterocycles. The molecule has 0 unspecified atom stereocenters. The number of nitro benzene ring substituents is 1. The SMILES string of the molecule is C[C@@H](c1ccncc1)N(C)Cc1nnc(-c2ccc([N+](=O)[O-])cc2)o1. The second-order valence-corrected chi connectivity index (χ2v) is 5.68. The summed E-state index contributed by atoms with van der Waals surface area (Å²) in [6.45, 7) is 2.58. The normalized spacial score (nSPS) is 12.3. The third-order valence-electron chi connectivity index (χ3n) is 4.03. The Kier molecular flexibility index (Phi) is 4.80. The zero-order valence-corrected chi connectivity index (χ0v) is 13.9. The van der Waals surface area contributed by atoms with Crippen LogP contribution in [0, 0.1) is 10.1 Å². The Morgan fingerprint density at radius 2 is 1.84 bits per heavy atom. The summed E-state index contributed by atoms with van der Waals surface area (Å²) >= 11 is 0. The molecule has 0 saturated carbocycles. The van der Waals surface area contributed by atoms with Crippen molar-refractivity contribution < 1.29 is 9.34 Å². The smallest absolute Gasteiger partial charge is 0.269 e. The Hall–Kier alpha value is -3.13. The molecule has 25 heavy (non-hydrogen) atoms. The molecule has 128 valence electrons. The summed E-state index contributed by atoms with van der Waals surface area (Å²) < 4.78 is 5.68. The van der Waals surface area contributed by atoms with Crippen LogP contribution in [0.4, 0.5) is 5.69 Å². The van der Waals surface area contributed by atoms with Gasteiger partial charge < -0.3 is 4.42 Å². The Morgan fingerprint density at radius 3 is 2.48 bits per heavy atom. The predicted octanol–water partition coefficient (Wildman–Crippen LogP) is 3.23. The van der Waals surface area contributed by atoms with Gasteiger partial charge in [0.15, 0.2) is 0 Å². The highest BCUT2D eigenvalue weighted by atomic mass is 16.6. The molecule has 0 aliphatic heterocycles. The minimum atomic E-state index is -0.446. The molecular weight excluding hydrogens is 322 g/mol. The number of non-ortho nitro benzene ring substituents is 1. The average molecular weight is 339 g/mol. The van der Waals surface area contributed by atoms with Gasteiger partial charge in [0.05, 0.1) is 11.5 Å². The maximum Gasteiger partial charge on any atom is 0.269 e. The van der Waals surface area contributed by atoms with Crippen molar-refractivity contribution in [2.75, 3.05) is 7.05 Å². The van der Waals surface area contributed by atoms with Crippen LogP contribution < -0.4 is 0 Å². The average Bonchev–Trinajstić information content (AvgIpc) is 3.10. The highest BCUT2D eigenvalue weighted by molar-refractivity contribution is 5.55. The van der Waals surface area contributed by atoms with Gasteiger partial charge in [0.2, 0.25) is 11.8 Å². The van der Waals surface area contributed by atoms with Crippen molar-refractivity contribution in [3.63, 3.8) is 0 Å². The molecule has 3 aromatic rings. The Balaban J connectivity index is 1.70. The zero-order chi connectivity index (χ0) is 17.8. The first kappa shape index (κ1) is 16.7. The number of pyridine rings is 1.